The molecule has 1 heterocycles. The maximum absolute atomic E-state index is 5.91. The molecule has 1 rings (SSSR count). The number of anilines is 1. The minimum absolute atomic E-state index is 0.176. The summed E-state index contributed by atoms with van der Waals surface area (Å²) in [5.74, 6) is 0. The van der Waals surface area contributed by atoms with Gasteiger partial charge in [-0.15, -0.1) is 0 Å². The van der Waals surface area contributed by atoms with Crippen LogP contribution >= 0.6 is 0 Å². The van der Waals surface area contributed by atoms with Crippen LogP contribution in [-0.4, -0.2) is 24.1 Å². The van der Waals surface area contributed by atoms with Crippen molar-refractivity contribution < 1.29 is 0 Å². The first kappa shape index (κ1) is 9.99. The van der Waals surface area contributed by atoms with Crippen LogP contribution in [0.5, 0.6) is 0 Å². The lowest BCUT2D eigenvalue weighted by molar-refractivity contribution is 0.519. The SMILES string of the molecule is CN(CC(C)(C)N)c1cccnc1. The first-order chi connectivity index (χ1) is 5.99. The average molecular weight is 179 g/mol. The van der Waals surface area contributed by atoms with Gasteiger partial charge in [0.1, 0.15) is 0 Å². The molecule has 0 atom stereocenters. The Labute approximate surface area is 79.6 Å². The molecule has 0 saturated carbocycles. The maximum Gasteiger partial charge on any atom is 0.0550 e. The van der Waals surface area contributed by atoms with E-state index in [9.17, 15) is 0 Å². The summed E-state index contributed by atoms with van der Waals surface area (Å²) in [7, 11) is 2.02. The van der Waals surface area contributed by atoms with Gasteiger partial charge in [0.15, 0.2) is 0 Å². The van der Waals surface area contributed by atoms with Crippen LogP contribution in [0.2, 0.25) is 0 Å². The minimum Gasteiger partial charge on any atom is -0.372 e. The summed E-state index contributed by atoms with van der Waals surface area (Å²) in [4.78, 5) is 6.16. The lowest BCUT2D eigenvalue weighted by Crippen LogP contribution is -2.44. The van der Waals surface area contributed by atoms with Gasteiger partial charge in [-0.2, -0.15) is 0 Å². The van der Waals surface area contributed by atoms with Crippen molar-refractivity contribution in [1.82, 2.24) is 4.98 Å². The number of rotatable bonds is 3. The van der Waals surface area contributed by atoms with Gasteiger partial charge >= 0.3 is 0 Å². The highest BCUT2D eigenvalue weighted by Crippen LogP contribution is 2.11. The Hall–Kier alpha value is -1.09. The molecule has 0 radical (unpaired) electrons. The third kappa shape index (κ3) is 3.42. The first-order valence-corrected chi connectivity index (χ1v) is 4.39. The van der Waals surface area contributed by atoms with E-state index < -0.39 is 0 Å². The lowest BCUT2D eigenvalue weighted by Gasteiger charge is -2.27. The Morgan fingerprint density at radius 1 is 1.54 bits per heavy atom. The van der Waals surface area contributed by atoms with Crippen molar-refractivity contribution in [2.45, 2.75) is 19.4 Å². The van der Waals surface area contributed by atoms with Gasteiger partial charge < -0.3 is 10.6 Å². The summed E-state index contributed by atoms with van der Waals surface area (Å²) in [5, 5.41) is 0. The number of hydrogen-bond acceptors (Lipinski definition) is 3. The summed E-state index contributed by atoms with van der Waals surface area (Å²) in [6.07, 6.45) is 3.61. The highest BCUT2D eigenvalue weighted by atomic mass is 15.1. The van der Waals surface area contributed by atoms with Crippen molar-refractivity contribution in [3.8, 4) is 0 Å². The molecule has 1 aromatic rings. The van der Waals surface area contributed by atoms with Gasteiger partial charge in [-0.25, -0.2) is 0 Å². The topological polar surface area (TPSA) is 42.1 Å². The molecular formula is C10H17N3. The molecule has 0 aromatic carbocycles. The van der Waals surface area contributed by atoms with E-state index in [1.54, 1.807) is 6.20 Å². The lowest BCUT2D eigenvalue weighted by atomic mass is 10.1. The van der Waals surface area contributed by atoms with Crippen LogP contribution in [0.3, 0.4) is 0 Å². The molecule has 0 amide bonds. The molecule has 0 unspecified atom stereocenters. The third-order valence-corrected chi connectivity index (χ3v) is 1.73. The van der Waals surface area contributed by atoms with E-state index in [4.69, 9.17) is 5.73 Å². The predicted octanol–water partition coefficient (Wildman–Crippen LogP) is 1.26. The first-order valence-electron chi connectivity index (χ1n) is 4.39. The van der Waals surface area contributed by atoms with Gasteiger partial charge in [-0.05, 0) is 26.0 Å². The maximum atomic E-state index is 5.91. The van der Waals surface area contributed by atoms with E-state index in [0.29, 0.717) is 0 Å². The molecule has 0 spiro atoms. The van der Waals surface area contributed by atoms with Gasteiger partial charge in [0.05, 0.1) is 11.9 Å². The van der Waals surface area contributed by atoms with E-state index in [1.807, 2.05) is 39.2 Å². The molecule has 72 valence electrons. The Kier molecular flexibility index (Phi) is 2.88. The van der Waals surface area contributed by atoms with Gasteiger partial charge in [0.25, 0.3) is 0 Å². The largest absolute Gasteiger partial charge is 0.372 e. The highest BCUT2D eigenvalue weighted by Gasteiger charge is 2.13. The van der Waals surface area contributed by atoms with Crippen molar-refractivity contribution in [2.75, 3.05) is 18.5 Å². The normalized spacial score (nSPS) is 11.4. The number of nitrogens with two attached hydrogens (primary N) is 1. The van der Waals surface area contributed by atoms with Gasteiger partial charge in [-0.1, -0.05) is 0 Å². The second-order valence-corrected chi connectivity index (χ2v) is 4.06. The van der Waals surface area contributed by atoms with Crippen molar-refractivity contribution in [3.63, 3.8) is 0 Å². The summed E-state index contributed by atoms with van der Waals surface area (Å²) in [6, 6.07) is 3.95. The van der Waals surface area contributed by atoms with E-state index in [2.05, 4.69) is 9.88 Å². The third-order valence-electron chi connectivity index (χ3n) is 1.73. The van der Waals surface area contributed by atoms with Crippen molar-refractivity contribution in [1.29, 1.82) is 0 Å². The summed E-state index contributed by atoms with van der Waals surface area (Å²) in [6.45, 7) is 4.85. The fourth-order valence-electron chi connectivity index (χ4n) is 1.28. The molecule has 13 heavy (non-hydrogen) atoms. The van der Waals surface area contributed by atoms with Crippen LogP contribution in [0, 0.1) is 0 Å². The Morgan fingerprint density at radius 3 is 2.69 bits per heavy atom. The van der Waals surface area contributed by atoms with Crippen LogP contribution in [0.1, 0.15) is 13.8 Å². The average Bonchev–Trinajstić information content (AvgIpc) is 2.03. The summed E-state index contributed by atoms with van der Waals surface area (Å²) < 4.78 is 0. The Balaban J connectivity index is 2.64. The van der Waals surface area contributed by atoms with Crippen molar-refractivity contribution >= 4 is 5.69 Å². The second kappa shape index (κ2) is 3.75. The van der Waals surface area contributed by atoms with E-state index in [0.717, 1.165) is 12.2 Å². The van der Waals surface area contributed by atoms with Gasteiger partial charge in [0.2, 0.25) is 0 Å². The zero-order chi connectivity index (χ0) is 9.90. The molecule has 0 aliphatic rings. The Bertz CT molecular complexity index is 251. The monoisotopic (exact) mass is 179 g/mol. The van der Waals surface area contributed by atoms with E-state index >= 15 is 0 Å². The fourth-order valence-corrected chi connectivity index (χ4v) is 1.28. The predicted molar refractivity (Wildman–Crippen MR) is 55.8 cm³/mol. The number of pyridine rings is 1. The quantitative estimate of drug-likeness (QED) is 0.759. The van der Waals surface area contributed by atoms with Gasteiger partial charge in [-0.3, -0.25) is 4.98 Å². The van der Waals surface area contributed by atoms with E-state index in [-0.39, 0.29) is 5.54 Å². The van der Waals surface area contributed by atoms with Crippen molar-refractivity contribution in [2.24, 2.45) is 5.73 Å². The number of hydrogen-bond donors (Lipinski definition) is 1. The van der Waals surface area contributed by atoms with Crippen LogP contribution in [0.15, 0.2) is 24.5 Å². The fraction of sp³-hybridized carbons (Fsp3) is 0.500. The second-order valence-electron chi connectivity index (χ2n) is 4.06. The zero-order valence-corrected chi connectivity index (χ0v) is 8.49. The molecule has 0 aliphatic heterocycles. The minimum atomic E-state index is -0.176. The molecule has 2 N–H and O–H groups in total. The van der Waals surface area contributed by atoms with Crippen LogP contribution < -0.4 is 10.6 Å². The molecule has 1 aromatic heterocycles. The molecular weight excluding hydrogens is 162 g/mol. The number of nitrogens with zero attached hydrogens (tertiary/aromatic N) is 2. The van der Waals surface area contributed by atoms with Crippen LogP contribution in [0.25, 0.3) is 0 Å². The molecule has 3 nitrogen and oxygen atoms in total. The van der Waals surface area contributed by atoms with E-state index in [1.165, 1.54) is 0 Å². The summed E-state index contributed by atoms with van der Waals surface area (Å²) in [5.41, 5.74) is 6.83. The molecule has 0 fully saturated rings. The highest BCUT2D eigenvalue weighted by molar-refractivity contribution is 5.42. The van der Waals surface area contributed by atoms with Gasteiger partial charge in [0, 0.05) is 25.3 Å². The number of aromatic nitrogens is 1. The number of likely N-dealkylation sites (N-methyl/N-ethyl adjacent to an activating group) is 1. The molecule has 0 bridgehead atoms. The van der Waals surface area contributed by atoms with Crippen LogP contribution in [-0.2, 0) is 0 Å². The molecule has 0 saturated heterocycles. The zero-order valence-electron chi connectivity index (χ0n) is 8.49. The molecule has 0 aliphatic carbocycles. The summed E-state index contributed by atoms with van der Waals surface area (Å²) >= 11 is 0. The molecule has 3 heteroatoms. The van der Waals surface area contributed by atoms with Crippen molar-refractivity contribution in [3.05, 3.63) is 24.5 Å². The van der Waals surface area contributed by atoms with Crippen LogP contribution in [0.4, 0.5) is 5.69 Å². The smallest absolute Gasteiger partial charge is 0.0550 e. The standard InChI is InChI=1S/C10H17N3/c1-10(2,11)8-13(3)9-5-4-6-12-7-9/h4-7H,8,11H2,1-3H3. The Morgan fingerprint density at radius 2 is 2.23 bits per heavy atom.